The molecule has 2 N–H and O–H groups in total. The van der Waals surface area contributed by atoms with E-state index < -0.39 is 10.8 Å². The van der Waals surface area contributed by atoms with Crippen molar-refractivity contribution in [2.24, 2.45) is 0 Å². The van der Waals surface area contributed by atoms with Gasteiger partial charge in [0.05, 0.1) is 5.75 Å². The molecule has 0 aliphatic heterocycles. The smallest absolute Gasteiger partial charge is 0.0508 e. The standard InChI is InChI=1S/C10H14BrNOS/c1-7(2)14(13)6-8-3-4-9(11)5-10(8)12/h3-5,7H,6,12H2,1-2H3. The predicted molar refractivity (Wildman–Crippen MR) is 65.5 cm³/mol. The monoisotopic (exact) mass is 275 g/mol. The van der Waals surface area contributed by atoms with Gasteiger partial charge in [0.1, 0.15) is 0 Å². The summed E-state index contributed by atoms with van der Waals surface area (Å²) in [7, 11) is -0.835. The molecule has 0 bridgehead atoms. The van der Waals surface area contributed by atoms with Gasteiger partial charge >= 0.3 is 0 Å². The Labute approximate surface area is 95.5 Å². The third-order valence-electron chi connectivity index (χ3n) is 1.93. The highest BCUT2D eigenvalue weighted by Gasteiger charge is 2.08. The summed E-state index contributed by atoms with van der Waals surface area (Å²) in [5.74, 6) is 0.538. The Hall–Kier alpha value is -0.350. The molecule has 1 atom stereocenters. The molecule has 0 aliphatic rings. The van der Waals surface area contributed by atoms with E-state index in [1.165, 1.54) is 0 Å². The predicted octanol–water partition coefficient (Wildman–Crippen LogP) is 2.69. The van der Waals surface area contributed by atoms with Crippen molar-refractivity contribution >= 4 is 32.4 Å². The summed E-state index contributed by atoms with van der Waals surface area (Å²) in [6, 6.07) is 5.68. The van der Waals surface area contributed by atoms with E-state index in [1.807, 2.05) is 32.0 Å². The lowest BCUT2D eigenvalue weighted by molar-refractivity contribution is 0.676. The Balaban J connectivity index is 2.82. The molecule has 78 valence electrons. The molecule has 0 spiro atoms. The topological polar surface area (TPSA) is 43.1 Å². The van der Waals surface area contributed by atoms with Crippen LogP contribution in [0.15, 0.2) is 22.7 Å². The Morgan fingerprint density at radius 2 is 2.14 bits per heavy atom. The second-order valence-corrected chi connectivity index (χ2v) is 6.33. The number of benzene rings is 1. The number of rotatable bonds is 3. The summed E-state index contributed by atoms with van der Waals surface area (Å²) < 4.78 is 12.5. The zero-order valence-electron chi connectivity index (χ0n) is 8.29. The van der Waals surface area contributed by atoms with E-state index in [0.29, 0.717) is 11.4 Å². The van der Waals surface area contributed by atoms with E-state index in [4.69, 9.17) is 5.73 Å². The number of nitrogens with two attached hydrogens (primary N) is 1. The molecule has 1 unspecified atom stereocenters. The van der Waals surface area contributed by atoms with Crippen molar-refractivity contribution < 1.29 is 4.21 Å². The van der Waals surface area contributed by atoms with Gasteiger partial charge in [-0.05, 0) is 17.7 Å². The van der Waals surface area contributed by atoms with Crippen LogP contribution in [0.25, 0.3) is 0 Å². The average molecular weight is 276 g/mol. The molecular weight excluding hydrogens is 262 g/mol. The highest BCUT2D eigenvalue weighted by molar-refractivity contribution is 9.10. The first kappa shape index (κ1) is 11.7. The van der Waals surface area contributed by atoms with Crippen LogP contribution >= 0.6 is 15.9 Å². The number of nitrogen functional groups attached to an aromatic ring is 1. The van der Waals surface area contributed by atoms with Gasteiger partial charge < -0.3 is 5.73 Å². The van der Waals surface area contributed by atoms with Crippen LogP contribution < -0.4 is 5.73 Å². The van der Waals surface area contributed by atoms with Crippen LogP contribution in [0.2, 0.25) is 0 Å². The highest BCUT2D eigenvalue weighted by Crippen LogP contribution is 2.20. The van der Waals surface area contributed by atoms with E-state index in [1.54, 1.807) is 0 Å². The van der Waals surface area contributed by atoms with Gasteiger partial charge in [-0.15, -0.1) is 0 Å². The van der Waals surface area contributed by atoms with E-state index in [2.05, 4.69) is 15.9 Å². The summed E-state index contributed by atoms with van der Waals surface area (Å²) in [5, 5.41) is 0.179. The maximum Gasteiger partial charge on any atom is 0.0508 e. The summed E-state index contributed by atoms with van der Waals surface area (Å²) in [5.41, 5.74) is 7.47. The normalized spacial score (nSPS) is 13.1. The van der Waals surface area contributed by atoms with Gasteiger partial charge in [0.15, 0.2) is 0 Å². The Bertz CT molecular complexity index is 352. The molecule has 4 heteroatoms. The molecule has 0 saturated carbocycles. The van der Waals surface area contributed by atoms with E-state index in [-0.39, 0.29) is 5.25 Å². The van der Waals surface area contributed by atoms with Crippen molar-refractivity contribution in [3.05, 3.63) is 28.2 Å². The summed E-state index contributed by atoms with van der Waals surface area (Å²) in [6.45, 7) is 3.90. The highest BCUT2D eigenvalue weighted by atomic mass is 79.9. The van der Waals surface area contributed by atoms with Crippen LogP contribution in [-0.2, 0) is 16.6 Å². The molecule has 14 heavy (non-hydrogen) atoms. The average Bonchev–Trinajstić information content (AvgIpc) is 2.09. The van der Waals surface area contributed by atoms with Crippen molar-refractivity contribution in [2.45, 2.75) is 24.9 Å². The molecule has 0 amide bonds. The minimum absolute atomic E-state index is 0.179. The van der Waals surface area contributed by atoms with Crippen molar-refractivity contribution in [3.63, 3.8) is 0 Å². The van der Waals surface area contributed by atoms with E-state index in [9.17, 15) is 4.21 Å². The van der Waals surface area contributed by atoms with Crippen LogP contribution in [-0.4, -0.2) is 9.46 Å². The molecule has 0 saturated heterocycles. The molecule has 0 radical (unpaired) electrons. The van der Waals surface area contributed by atoms with Crippen LogP contribution in [0, 0.1) is 0 Å². The Morgan fingerprint density at radius 3 is 2.64 bits per heavy atom. The molecule has 0 aliphatic carbocycles. The number of halogens is 1. The fraction of sp³-hybridized carbons (Fsp3) is 0.400. The molecule has 1 aromatic carbocycles. The fourth-order valence-corrected chi connectivity index (χ4v) is 2.30. The molecule has 0 heterocycles. The molecular formula is C10H14BrNOS. The fourth-order valence-electron chi connectivity index (χ4n) is 1.02. The van der Waals surface area contributed by atoms with Crippen LogP contribution in [0.1, 0.15) is 19.4 Å². The molecule has 0 aromatic heterocycles. The number of anilines is 1. The Morgan fingerprint density at radius 1 is 1.50 bits per heavy atom. The molecule has 1 rings (SSSR count). The van der Waals surface area contributed by atoms with Gasteiger partial charge in [0, 0.05) is 26.2 Å². The molecule has 2 nitrogen and oxygen atoms in total. The summed E-state index contributed by atoms with van der Waals surface area (Å²) in [6.07, 6.45) is 0. The van der Waals surface area contributed by atoms with Gasteiger partial charge in [-0.1, -0.05) is 35.8 Å². The van der Waals surface area contributed by atoms with Gasteiger partial charge in [0.25, 0.3) is 0 Å². The molecule has 1 aromatic rings. The van der Waals surface area contributed by atoms with Crippen molar-refractivity contribution in [2.75, 3.05) is 5.73 Å². The van der Waals surface area contributed by atoms with Crippen molar-refractivity contribution in [1.29, 1.82) is 0 Å². The van der Waals surface area contributed by atoms with E-state index >= 15 is 0 Å². The summed E-state index contributed by atoms with van der Waals surface area (Å²) in [4.78, 5) is 0. The number of hydrogen-bond acceptors (Lipinski definition) is 2. The van der Waals surface area contributed by atoms with Crippen LogP contribution in [0.3, 0.4) is 0 Å². The van der Waals surface area contributed by atoms with E-state index in [0.717, 1.165) is 10.0 Å². The van der Waals surface area contributed by atoms with Crippen molar-refractivity contribution in [3.8, 4) is 0 Å². The quantitative estimate of drug-likeness (QED) is 0.862. The van der Waals surface area contributed by atoms with Crippen LogP contribution in [0.5, 0.6) is 0 Å². The molecule has 0 fully saturated rings. The van der Waals surface area contributed by atoms with Gasteiger partial charge in [-0.2, -0.15) is 0 Å². The van der Waals surface area contributed by atoms with Gasteiger partial charge in [-0.3, -0.25) is 4.21 Å². The zero-order valence-corrected chi connectivity index (χ0v) is 10.7. The maximum absolute atomic E-state index is 11.6. The first-order valence-corrected chi connectivity index (χ1v) is 6.59. The van der Waals surface area contributed by atoms with Crippen molar-refractivity contribution in [1.82, 2.24) is 0 Å². The number of hydrogen-bond donors (Lipinski definition) is 1. The lowest BCUT2D eigenvalue weighted by Crippen LogP contribution is -2.09. The zero-order chi connectivity index (χ0) is 10.7. The maximum atomic E-state index is 11.6. The second kappa shape index (κ2) is 4.94. The second-order valence-electron chi connectivity index (χ2n) is 3.42. The van der Waals surface area contributed by atoms with Crippen LogP contribution in [0.4, 0.5) is 5.69 Å². The first-order chi connectivity index (χ1) is 6.50. The SMILES string of the molecule is CC(C)S(=O)Cc1ccc(Br)cc1N. The first-order valence-electron chi connectivity index (χ1n) is 4.41. The third kappa shape index (κ3) is 3.10. The minimum atomic E-state index is -0.835. The minimum Gasteiger partial charge on any atom is -0.398 e. The van der Waals surface area contributed by atoms with Gasteiger partial charge in [0.2, 0.25) is 0 Å². The lowest BCUT2D eigenvalue weighted by atomic mass is 10.2. The Kier molecular flexibility index (Phi) is 4.13. The summed E-state index contributed by atoms with van der Waals surface area (Å²) >= 11 is 3.34. The largest absolute Gasteiger partial charge is 0.398 e. The lowest BCUT2D eigenvalue weighted by Gasteiger charge is -2.08. The third-order valence-corrected chi connectivity index (χ3v) is 4.07. The van der Waals surface area contributed by atoms with Gasteiger partial charge in [-0.25, -0.2) is 0 Å².